The van der Waals surface area contributed by atoms with Crippen molar-refractivity contribution in [1.29, 1.82) is 0 Å². The summed E-state index contributed by atoms with van der Waals surface area (Å²) in [6.45, 7) is 1.75. The van der Waals surface area contributed by atoms with Crippen molar-refractivity contribution >= 4 is 5.97 Å². The summed E-state index contributed by atoms with van der Waals surface area (Å²) in [5.74, 6) is -0.528. The molecule has 1 N–H and O–H groups in total. The molecule has 0 aliphatic rings. The fourth-order valence-corrected chi connectivity index (χ4v) is 1.50. The van der Waals surface area contributed by atoms with Crippen molar-refractivity contribution in [2.45, 2.75) is 13.3 Å². The van der Waals surface area contributed by atoms with Crippen LogP contribution in [0.1, 0.15) is 27.6 Å². The molecule has 17 heavy (non-hydrogen) atoms. The van der Waals surface area contributed by atoms with E-state index in [0.717, 1.165) is 5.56 Å². The highest BCUT2D eigenvalue weighted by Crippen LogP contribution is 2.06. The molecule has 5 nitrogen and oxygen atoms in total. The van der Waals surface area contributed by atoms with Crippen LogP contribution in [-0.4, -0.2) is 26.0 Å². The number of carbonyl (C=O) groups is 1. The Labute approximate surface area is 98.2 Å². The number of aryl methyl sites for hydroxylation is 1. The van der Waals surface area contributed by atoms with E-state index in [4.69, 9.17) is 5.11 Å². The average Bonchev–Trinajstić information content (AvgIpc) is 2.29. The van der Waals surface area contributed by atoms with Gasteiger partial charge in [-0.15, -0.1) is 0 Å². The molecule has 0 aliphatic heterocycles. The van der Waals surface area contributed by atoms with E-state index in [0.29, 0.717) is 17.9 Å². The summed E-state index contributed by atoms with van der Waals surface area (Å²) in [6, 6.07) is 5.16. The molecule has 2 rings (SSSR count). The molecule has 0 radical (unpaired) electrons. The van der Waals surface area contributed by atoms with Gasteiger partial charge in [0.05, 0.1) is 0 Å². The van der Waals surface area contributed by atoms with Crippen LogP contribution in [0.5, 0.6) is 0 Å². The zero-order valence-corrected chi connectivity index (χ0v) is 9.29. The van der Waals surface area contributed by atoms with Crippen molar-refractivity contribution in [3.8, 4) is 0 Å². The Hall–Kier alpha value is -2.30. The molecule has 0 atom stereocenters. The minimum Gasteiger partial charge on any atom is -0.477 e. The second kappa shape index (κ2) is 4.69. The van der Waals surface area contributed by atoms with Crippen LogP contribution in [0.4, 0.5) is 0 Å². The Morgan fingerprint density at radius 2 is 2.00 bits per heavy atom. The van der Waals surface area contributed by atoms with Crippen molar-refractivity contribution in [2.75, 3.05) is 0 Å². The van der Waals surface area contributed by atoms with Gasteiger partial charge in [-0.1, -0.05) is 0 Å². The normalized spacial score (nSPS) is 10.2. The number of carboxylic acids is 1. The van der Waals surface area contributed by atoms with Gasteiger partial charge in [0.1, 0.15) is 5.82 Å². The molecule has 2 aromatic heterocycles. The number of rotatable bonds is 3. The predicted molar refractivity (Wildman–Crippen MR) is 60.8 cm³/mol. The summed E-state index contributed by atoms with van der Waals surface area (Å²) in [5.41, 5.74) is 1.69. The van der Waals surface area contributed by atoms with Crippen LogP contribution in [0.25, 0.3) is 0 Å². The van der Waals surface area contributed by atoms with Gasteiger partial charge in [-0.25, -0.2) is 14.8 Å². The maximum Gasteiger partial charge on any atom is 0.354 e. The number of hydrogen-bond donors (Lipinski definition) is 1. The Morgan fingerprint density at radius 3 is 2.65 bits per heavy atom. The smallest absolute Gasteiger partial charge is 0.354 e. The summed E-state index contributed by atoms with van der Waals surface area (Å²) in [5, 5.41) is 8.90. The van der Waals surface area contributed by atoms with Gasteiger partial charge in [-0.3, -0.25) is 4.98 Å². The zero-order chi connectivity index (χ0) is 12.3. The molecular formula is C12H11N3O2. The first-order valence-corrected chi connectivity index (χ1v) is 5.12. The minimum atomic E-state index is -1.04. The van der Waals surface area contributed by atoms with Gasteiger partial charge in [0.2, 0.25) is 0 Å². The van der Waals surface area contributed by atoms with Crippen LogP contribution in [0.2, 0.25) is 0 Å². The minimum absolute atomic E-state index is 0.0292. The number of pyridine rings is 1. The third-order valence-electron chi connectivity index (χ3n) is 2.23. The molecule has 0 aliphatic carbocycles. The van der Waals surface area contributed by atoms with Gasteiger partial charge in [-0.2, -0.15) is 0 Å². The van der Waals surface area contributed by atoms with Gasteiger partial charge < -0.3 is 5.11 Å². The first-order valence-electron chi connectivity index (χ1n) is 5.12. The lowest BCUT2D eigenvalue weighted by molar-refractivity contribution is 0.0689. The van der Waals surface area contributed by atoms with Crippen LogP contribution in [0.15, 0.2) is 30.6 Å². The summed E-state index contributed by atoms with van der Waals surface area (Å²) in [4.78, 5) is 23.0. The maximum absolute atomic E-state index is 10.9. The van der Waals surface area contributed by atoms with Crippen LogP contribution in [0.3, 0.4) is 0 Å². The predicted octanol–water partition coefficient (Wildman–Crippen LogP) is 1.47. The van der Waals surface area contributed by atoms with E-state index in [-0.39, 0.29) is 5.69 Å². The maximum atomic E-state index is 10.9. The van der Waals surface area contributed by atoms with Gasteiger partial charge in [0, 0.05) is 24.5 Å². The molecule has 0 amide bonds. The van der Waals surface area contributed by atoms with Gasteiger partial charge >= 0.3 is 5.97 Å². The third-order valence-corrected chi connectivity index (χ3v) is 2.23. The second-order valence-corrected chi connectivity index (χ2v) is 3.65. The van der Waals surface area contributed by atoms with Crippen molar-refractivity contribution in [2.24, 2.45) is 0 Å². The first kappa shape index (κ1) is 11.2. The summed E-state index contributed by atoms with van der Waals surface area (Å²) >= 11 is 0. The van der Waals surface area contributed by atoms with E-state index in [1.165, 1.54) is 6.07 Å². The SMILES string of the molecule is Cc1cc(C(=O)O)nc(Cc2ccncc2)n1. The molecule has 0 spiro atoms. The molecule has 86 valence electrons. The highest BCUT2D eigenvalue weighted by Gasteiger charge is 2.08. The van der Waals surface area contributed by atoms with Crippen molar-refractivity contribution in [3.63, 3.8) is 0 Å². The van der Waals surface area contributed by atoms with Crippen LogP contribution in [0, 0.1) is 6.92 Å². The van der Waals surface area contributed by atoms with Crippen molar-refractivity contribution in [1.82, 2.24) is 15.0 Å². The molecule has 5 heteroatoms. The molecule has 0 aromatic carbocycles. The Morgan fingerprint density at radius 1 is 1.29 bits per heavy atom. The molecule has 0 fully saturated rings. The largest absolute Gasteiger partial charge is 0.477 e. The van der Waals surface area contributed by atoms with E-state index >= 15 is 0 Å². The highest BCUT2D eigenvalue weighted by molar-refractivity contribution is 5.85. The Kier molecular flexibility index (Phi) is 3.09. The van der Waals surface area contributed by atoms with E-state index < -0.39 is 5.97 Å². The summed E-state index contributed by atoms with van der Waals surface area (Å²) < 4.78 is 0. The standard InChI is InChI=1S/C12H11N3O2/c1-8-6-10(12(16)17)15-11(14-8)7-9-2-4-13-5-3-9/h2-6H,7H2,1H3,(H,16,17). The summed E-state index contributed by atoms with van der Waals surface area (Å²) in [7, 11) is 0. The molecule has 0 bridgehead atoms. The molecule has 0 saturated carbocycles. The molecular weight excluding hydrogens is 218 g/mol. The van der Waals surface area contributed by atoms with E-state index in [1.807, 2.05) is 12.1 Å². The molecule has 2 aromatic rings. The van der Waals surface area contributed by atoms with Crippen molar-refractivity contribution < 1.29 is 9.90 Å². The lowest BCUT2D eigenvalue weighted by atomic mass is 10.2. The average molecular weight is 229 g/mol. The molecule has 2 heterocycles. The number of aromatic carboxylic acids is 1. The summed E-state index contributed by atoms with van der Waals surface area (Å²) in [6.07, 6.45) is 3.87. The van der Waals surface area contributed by atoms with Gasteiger partial charge in [-0.05, 0) is 30.7 Å². The Bertz CT molecular complexity index is 541. The highest BCUT2D eigenvalue weighted by atomic mass is 16.4. The Balaban J connectivity index is 2.30. The van der Waals surface area contributed by atoms with Crippen molar-refractivity contribution in [3.05, 3.63) is 53.4 Å². The van der Waals surface area contributed by atoms with E-state index in [9.17, 15) is 4.79 Å². The second-order valence-electron chi connectivity index (χ2n) is 3.65. The van der Waals surface area contributed by atoms with Crippen LogP contribution >= 0.6 is 0 Å². The topological polar surface area (TPSA) is 76.0 Å². The number of aromatic nitrogens is 3. The molecule has 0 unspecified atom stereocenters. The lowest BCUT2D eigenvalue weighted by Gasteiger charge is -2.03. The van der Waals surface area contributed by atoms with E-state index in [1.54, 1.807) is 19.3 Å². The third kappa shape index (κ3) is 2.84. The lowest BCUT2D eigenvalue weighted by Crippen LogP contribution is -2.07. The number of nitrogens with zero attached hydrogens (tertiary/aromatic N) is 3. The zero-order valence-electron chi connectivity index (χ0n) is 9.29. The molecule has 0 saturated heterocycles. The number of carboxylic acid groups (broad SMARTS) is 1. The van der Waals surface area contributed by atoms with Gasteiger partial charge in [0.15, 0.2) is 5.69 Å². The van der Waals surface area contributed by atoms with Crippen LogP contribution in [-0.2, 0) is 6.42 Å². The quantitative estimate of drug-likeness (QED) is 0.862. The van der Waals surface area contributed by atoms with Gasteiger partial charge in [0.25, 0.3) is 0 Å². The monoisotopic (exact) mass is 229 g/mol. The first-order chi connectivity index (χ1) is 8.15. The fourth-order valence-electron chi connectivity index (χ4n) is 1.50. The number of hydrogen-bond acceptors (Lipinski definition) is 4. The van der Waals surface area contributed by atoms with Crippen LogP contribution < -0.4 is 0 Å². The fraction of sp³-hybridized carbons (Fsp3) is 0.167. The van der Waals surface area contributed by atoms with E-state index in [2.05, 4.69) is 15.0 Å².